The highest BCUT2D eigenvalue weighted by atomic mass is 35.5. The van der Waals surface area contributed by atoms with Crippen molar-refractivity contribution in [3.63, 3.8) is 0 Å². The van der Waals surface area contributed by atoms with Crippen LogP contribution in [0.25, 0.3) is 11.0 Å². The predicted molar refractivity (Wildman–Crippen MR) is 79.5 cm³/mol. The van der Waals surface area contributed by atoms with Gasteiger partial charge in [0.05, 0.1) is 11.0 Å². The molecule has 19 heavy (non-hydrogen) atoms. The third-order valence-corrected chi connectivity index (χ3v) is 4.66. The summed E-state index contributed by atoms with van der Waals surface area (Å²) in [5.41, 5.74) is 7.93. The van der Waals surface area contributed by atoms with Crippen LogP contribution in [0.2, 0.25) is 5.02 Å². The highest BCUT2D eigenvalue weighted by Crippen LogP contribution is 2.36. The number of benzene rings is 1. The Labute approximate surface area is 118 Å². The number of aromatic nitrogens is 2. The maximum absolute atomic E-state index is 6.04. The number of imidazole rings is 1. The van der Waals surface area contributed by atoms with Gasteiger partial charge in [-0.15, -0.1) is 0 Å². The summed E-state index contributed by atoms with van der Waals surface area (Å²) in [4.78, 5) is 4.79. The van der Waals surface area contributed by atoms with Crippen molar-refractivity contribution in [1.29, 1.82) is 0 Å². The monoisotopic (exact) mass is 277 g/mol. The first kappa shape index (κ1) is 12.9. The molecule has 0 unspecified atom stereocenters. The van der Waals surface area contributed by atoms with Crippen molar-refractivity contribution in [2.24, 2.45) is 18.7 Å². The van der Waals surface area contributed by atoms with Crippen molar-refractivity contribution in [2.75, 3.05) is 6.54 Å². The summed E-state index contributed by atoms with van der Waals surface area (Å²) in [5.74, 6) is 2.48. The van der Waals surface area contributed by atoms with Crippen LogP contribution in [0.1, 0.15) is 37.4 Å². The fraction of sp³-hybridized carbons (Fsp3) is 0.533. The molecule has 1 aromatic carbocycles. The molecule has 4 heteroatoms. The molecular formula is C15H20ClN3. The zero-order valence-corrected chi connectivity index (χ0v) is 12.0. The van der Waals surface area contributed by atoms with Crippen molar-refractivity contribution < 1.29 is 0 Å². The molecule has 3 nitrogen and oxygen atoms in total. The molecule has 0 atom stereocenters. The average Bonchev–Trinajstić information content (AvgIpc) is 2.75. The van der Waals surface area contributed by atoms with Gasteiger partial charge in [-0.3, -0.25) is 0 Å². The Balaban J connectivity index is 1.91. The van der Waals surface area contributed by atoms with Gasteiger partial charge in [0.1, 0.15) is 5.82 Å². The van der Waals surface area contributed by atoms with Gasteiger partial charge >= 0.3 is 0 Å². The Morgan fingerprint density at radius 1 is 1.32 bits per heavy atom. The Kier molecular flexibility index (Phi) is 3.50. The Morgan fingerprint density at radius 2 is 2.05 bits per heavy atom. The largest absolute Gasteiger partial charge is 0.331 e. The molecule has 0 bridgehead atoms. The second kappa shape index (κ2) is 5.14. The number of hydrogen-bond acceptors (Lipinski definition) is 2. The van der Waals surface area contributed by atoms with E-state index in [1.54, 1.807) is 0 Å². The molecule has 1 aliphatic rings. The van der Waals surface area contributed by atoms with Crippen LogP contribution < -0.4 is 5.73 Å². The van der Waals surface area contributed by atoms with E-state index in [0.717, 1.165) is 17.1 Å². The van der Waals surface area contributed by atoms with Crippen LogP contribution in [0, 0.1) is 5.92 Å². The van der Waals surface area contributed by atoms with Gasteiger partial charge in [0.15, 0.2) is 0 Å². The van der Waals surface area contributed by atoms with E-state index in [0.29, 0.717) is 11.8 Å². The highest BCUT2D eigenvalue weighted by molar-refractivity contribution is 6.31. The molecule has 0 amide bonds. The zero-order chi connectivity index (χ0) is 13.4. The number of rotatable bonds is 2. The summed E-state index contributed by atoms with van der Waals surface area (Å²) in [7, 11) is 2.10. The van der Waals surface area contributed by atoms with Crippen molar-refractivity contribution in [2.45, 2.75) is 31.6 Å². The molecule has 2 aromatic rings. The van der Waals surface area contributed by atoms with Crippen LogP contribution in [-0.2, 0) is 7.05 Å². The molecule has 102 valence electrons. The molecule has 1 heterocycles. The van der Waals surface area contributed by atoms with Crippen molar-refractivity contribution in [3.8, 4) is 0 Å². The van der Waals surface area contributed by atoms with Gasteiger partial charge in [0, 0.05) is 18.0 Å². The molecule has 1 aromatic heterocycles. The van der Waals surface area contributed by atoms with Crippen LogP contribution in [0.3, 0.4) is 0 Å². The standard InChI is InChI=1S/C15H20ClN3/c1-19-14-7-6-12(16)8-13(14)18-15(19)11-4-2-10(9-17)3-5-11/h6-8,10-11H,2-5,9,17H2,1H3. The smallest absolute Gasteiger partial charge is 0.112 e. The van der Waals surface area contributed by atoms with Crippen LogP contribution in [0.5, 0.6) is 0 Å². The topological polar surface area (TPSA) is 43.8 Å². The quantitative estimate of drug-likeness (QED) is 0.914. The van der Waals surface area contributed by atoms with Crippen molar-refractivity contribution in [3.05, 3.63) is 29.0 Å². The maximum atomic E-state index is 6.04. The SMILES string of the molecule is Cn1c(C2CCC(CN)CC2)nc2cc(Cl)ccc21. The number of fused-ring (bicyclic) bond motifs is 1. The summed E-state index contributed by atoms with van der Waals surface area (Å²) in [5, 5.41) is 0.754. The number of nitrogens with zero attached hydrogens (tertiary/aromatic N) is 2. The average molecular weight is 278 g/mol. The lowest BCUT2D eigenvalue weighted by Gasteiger charge is -2.27. The fourth-order valence-electron chi connectivity index (χ4n) is 3.21. The second-order valence-corrected chi connectivity index (χ2v) is 6.05. The van der Waals surface area contributed by atoms with Gasteiger partial charge in [-0.2, -0.15) is 0 Å². The maximum Gasteiger partial charge on any atom is 0.112 e. The molecule has 0 radical (unpaired) electrons. The van der Waals surface area contributed by atoms with Crippen LogP contribution in [0.4, 0.5) is 0 Å². The highest BCUT2D eigenvalue weighted by Gasteiger charge is 2.25. The Hall–Kier alpha value is -1.06. The molecule has 0 saturated heterocycles. The van der Waals surface area contributed by atoms with E-state index in [2.05, 4.69) is 17.7 Å². The number of hydrogen-bond donors (Lipinski definition) is 1. The van der Waals surface area contributed by atoms with E-state index >= 15 is 0 Å². The number of aryl methyl sites for hydroxylation is 1. The first-order valence-corrected chi connectivity index (χ1v) is 7.38. The molecule has 0 aliphatic heterocycles. The molecular weight excluding hydrogens is 258 g/mol. The van der Waals surface area contributed by atoms with Gasteiger partial charge in [-0.05, 0) is 56.3 Å². The third kappa shape index (κ3) is 2.37. The fourth-order valence-corrected chi connectivity index (χ4v) is 3.38. The summed E-state index contributed by atoms with van der Waals surface area (Å²) >= 11 is 6.04. The van der Waals surface area contributed by atoms with Crippen molar-refractivity contribution in [1.82, 2.24) is 9.55 Å². The van der Waals surface area contributed by atoms with E-state index in [1.807, 2.05) is 12.1 Å². The second-order valence-electron chi connectivity index (χ2n) is 5.62. The van der Waals surface area contributed by atoms with E-state index < -0.39 is 0 Å². The molecule has 3 rings (SSSR count). The number of nitrogens with two attached hydrogens (primary N) is 1. The third-order valence-electron chi connectivity index (χ3n) is 4.42. The number of halogens is 1. The van der Waals surface area contributed by atoms with Gasteiger partial charge in [-0.1, -0.05) is 11.6 Å². The van der Waals surface area contributed by atoms with Gasteiger partial charge in [0.25, 0.3) is 0 Å². The lowest BCUT2D eigenvalue weighted by Crippen LogP contribution is -2.21. The Morgan fingerprint density at radius 3 is 2.74 bits per heavy atom. The first-order chi connectivity index (χ1) is 9.19. The molecule has 1 saturated carbocycles. The lowest BCUT2D eigenvalue weighted by atomic mass is 9.81. The minimum atomic E-state index is 0.568. The van der Waals surface area contributed by atoms with Gasteiger partial charge < -0.3 is 10.3 Å². The normalized spacial score (nSPS) is 23.9. The summed E-state index contributed by atoms with van der Waals surface area (Å²) in [6.07, 6.45) is 4.86. The summed E-state index contributed by atoms with van der Waals surface area (Å²) in [6, 6.07) is 5.94. The predicted octanol–water partition coefficient (Wildman–Crippen LogP) is 3.46. The van der Waals surface area contributed by atoms with Crippen molar-refractivity contribution >= 4 is 22.6 Å². The van der Waals surface area contributed by atoms with E-state index in [4.69, 9.17) is 22.3 Å². The minimum absolute atomic E-state index is 0.568. The lowest BCUT2D eigenvalue weighted by molar-refractivity contribution is 0.323. The summed E-state index contributed by atoms with van der Waals surface area (Å²) < 4.78 is 2.22. The van der Waals surface area contributed by atoms with Gasteiger partial charge in [0.2, 0.25) is 0 Å². The van der Waals surface area contributed by atoms with E-state index in [-0.39, 0.29) is 0 Å². The van der Waals surface area contributed by atoms with Crippen LogP contribution in [-0.4, -0.2) is 16.1 Å². The summed E-state index contributed by atoms with van der Waals surface area (Å²) in [6.45, 7) is 0.824. The molecule has 1 fully saturated rings. The molecule has 0 spiro atoms. The van der Waals surface area contributed by atoms with Crippen LogP contribution in [0.15, 0.2) is 18.2 Å². The molecule has 1 aliphatic carbocycles. The van der Waals surface area contributed by atoms with Gasteiger partial charge in [-0.25, -0.2) is 4.98 Å². The minimum Gasteiger partial charge on any atom is -0.331 e. The van der Waals surface area contributed by atoms with E-state index in [1.165, 1.54) is 37.0 Å². The first-order valence-electron chi connectivity index (χ1n) is 7.01. The molecule has 2 N–H and O–H groups in total. The van der Waals surface area contributed by atoms with Crippen LogP contribution >= 0.6 is 11.6 Å². The Bertz CT molecular complexity index is 582. The van der Waals surface area contributed by atoms with E-state index in [9.17, 15) is 0 Å². The zero-order valence-electron chi connectivity index (χ0n) is 11.3.